The molecule has 0 saturated carbocycles. The largest absolute Gasteiger partial charge is 0.479 e. The van der Waals surface area contributed by atoms with Crippen LogP contribution in [-0.2, 0) is 26.2 Å². The van der Waals surface area contributed by atoms with Gasteiger partial charge < -0.3 is 15.2 Å². The van der Waals surface area contributed by atoms with Crippen LogP contribution in [0.2, 0.25) is 5.02 Å². The van der Waals surface area contributed by atoms with Crippen molar-refractivity contribution in [2.45, 2.75) is 38.3 Å². The van der Waals surface area contributed by atoms with Crippen molar-refractivity contribution in [1.29, 1.82) is 0 Å². The van der Waals surface area contributed by atoms with E-state index in [-0.39, 0.29) is 17.3 Å². The van der Waals surface area contributed by atoms with E-state index >= 15 is 0 Å². The van der Waals surface area contributed by atoms with E-state index in [1.54, 1.807) is 50.2 Å². The van der Waals surface area contributed by atoms with Crippen LogP contribution in [0.3, 0.4) is 0 Å². The maximum Gasteiger partial charge on any atom is 0.344 e. The normalized spacial score (nSPS) is 12.0. The summed E-state index contributed by atoms with van der Waals surface area (Å²) in [5.74, 6) is -2.41. The number of carboxylic acids is 1. The Morgan fingerprint density at radius 3 is 2.49 bits per heavy atom. The van der Waals surface area contributed by atoms with E-state index in [0.717, 1.165) is 16.4 Å². The number of sulfonamides is 1. The third kappa shape index (κ3) is 6.78. The van der Waals surface area contributed by atoms with Crippen LogP contribution in [0, 0.1) is 19.7 Å². The van der Waals surface area contributed by atoms with E-state index in [9.17, 15) is 22.4 Å². The van der Waals surface area contributed by atoms with E-state index in [0.29, 0.717) is 22.4 Å². The molecule has 196 valence electrons. The molecule has 0 aliphatic carbocycles. The minimum Gasteiger partial charge on any atom is -0.479 e. The van der Waals surface area contributed by atoms with Crippen molar-refractivity contribution in [2.75, 3.05) is 10.8 Å². The van der Waals surface area contributed by atoms with Gasteiger partial charge in [0.05, 0.1) is 5.69 Å². The quantitative estimate of drug-likeness (QED) is 0.387. The van der Waals surface area contributed by atoms with E-state index in [4.69, 9.17) is 21.4 Å². The van der Waals surface area contributed by atoms with Crippen molar-refractivity contribution in [3.05, 3.63) is 88.2 Å². The van der Waals surface area contributed by atoms with Gasteiger partial charge in [0.15, 0.2) is 6.10 Å². The molecule has 0 saturated heterocycles. The Balaban J connectivity index is 1.86. The summed E-state index contributed by atoms with van der Waals surface area (Å²) in [5.41, 5.74) is 1.69. The van der Waals surface area contributed by atoms with E-state index in [1.807, 2.05) is 0 Å². The third-order valence-electron chi connectivity index (χ3n) is 5.50. The number of aryl methyl sites for hydroxylation is 1. The predicted molar refractivity (Wildman–Crippen MR) is 138 cm³/mol. The molecule has 3 aromatic carbocycles. The minimum atomic E-state index is -4.48. The number of ether oxygens (including phenoxy) is 1. The van der Waals surface area contributed by atoms with E-state index < -0.39 is 45.3 Å². The van der Waals surface area contributed by atoms with Crippen molar-refractivity contribution < 1.29 is 32.2 Å². The van der Waals surface area contributed by atoms with Crippen LogP contribution in [0.15, 0.2) is 65.6 Å². The number of amides is 1. The third-order valence-corrected chi connectivity index (χ3v) is 7.70. The molecule has 0 fully saturated rings. The molecular formula is C26H26ClFN2O6S. The van der Waals surface area contributed by atoms with Crippen LogP contribution >= 0.6 is 11.6 Å². The monoisotopic (exact) mass is 548 g/mol. The van der Waals surface area contributed by atoms with Gasteiger partial charge in [0, 0.05) is 11.6 Å². The Labute approximate surface area is 219 Å². The number of aliphatic carboxylic acids is 1. The van der Waals surface area contributed by atoms with Gasteiger partial charge >= 0.3 is 5.97 Å². The number of carbonyl (C=O) groups excluding carboxylic acids is 1. The smallest absolute Gasteiger partial charge is 0.344 e. The average molecular weight is 549 g/mol. The highest BCUT2D eigenvalue weighted by Crippen LogP contribution is 2.31. The SMILES string of the molecule is Cc1ccc(S(=O)(=O)N(CC(=O)NCc2cccc(O[C@H](C)C(=O)O)c2)c2cccc(Cl)c2C)c(F)c1. The summed E-state index contributed by atoms with van der Waals surface area (Å²) in [5, 5.41) is 11.9. The van der Waals surface area contributed by atoms with Gasteiger partial charge in [0.25, 0.3) is 10.0 Å². The van der Waals surface area contributed by atoms with Crippen LogP contribution in [0.4, 0.5) is 10.1 Å². The zero-order chi connectivity index (χ0) is 27.3. The highest BCUT2D eigenvalue weighted by Gasteiger charge is 2.31. The minimum absolute atomic E-state index is 0.0127. The molecule has 0 radical (unpaired) electrons. The van der Waals surface area contributed by atoms with Gasteiger partial charge in [-0.2, -0.15) is 0 Å². The predicted octanol–water partition coefficient (Wildman–Crippen LogP) is 4.46. The van der Waals surface area contributed by atoms with Gasteiger partial charge in [-0.3, -0.25) is 9.10 Å². The molecule has 3 aromatic rings. The first-order chi connectivity index (χ1) is 17.4. The van der Waals surface area contributed by atoms with Crippen molar-refractivity contribution >= 4 is 39.2 Å². The van der Waals surface area contributed by atoms with Gasteiger partial charge in [-0.05, 0) is 73.9 Å². The lowest BCUT2D eigenvalue weighted by atomic mass is 10.2. The second-order valence-corrected chi connectivity index (χ2v) is 10.6. The summed E-state index contributed by atoms with van der Waals surface area (Å²) in [4.78, 5) is 23.4. The molecule has 3 rings (SSSR count). The van der Waals surface area contributed by atoms with Gasteiger partial charge in [0.2, 0.25) is 5.91 Å². The van der Waals surface area contributed by atoms with Crippen LogP contribution in [0.1, 0.15) is 23.6 Å². The molecule has 0 bridgehead atoms. The Morgan fingerprint density at radius 2 is 1.81 bits per heavy atom. The summed E-state index contributed by atoms with van der Waals surface area (Å²) in [6, 6.07) is 14.8. The number of carboxylic acid groups (broad SMARTS) is 1. The molecule has 0 aliphatic rings. The number of halogens is 2. The fraction of sp³-hybridized carbons (Fsp3) is 0.231. The van der Waals surface area contributed by atoms with Crippen LogP contribution in [0.5, 0.6) is 5.75 Å². The maximum absolute atomic E-state index is 14.7. The van der Waals surface area contributed by atoms with Crippen molar-refractivity contribution in [3.8, 4) is 5.75 Å². The molecule has 11 heteroatoms. The number of carbonyl (C=O) groups is 2. The number of nitrogens with zero attached hydrogens (tertiary/aromatic N) is 1. The Morgan fingerprint density at radius 1 is 1.11 bits per heavy atom. The molecular weight excluding hydrogens is 523 g/mol. The molecule has 0 heterocycles. The number of rotatable bonds is 10. The van der Waals surface area contributed by atoms with Gasteiger partial charge in [-0.1, -0.05) is 35.9 Å². The fourth-order valence-corrected chi connectivity index (χ4v) is 5.17. The van der Waals surface area contributed by atoms with Gasteiger partial charge in [-0.25, -0.2) is 17.6 Å². The Hall–Kier alpha value is -3.63. The summed E-state index contributed by atoms with van der Waals surface area (Å²) in [6.45, 7) is 4.00. The lowest BCUT2D eigenvalue weighted by molar-refractivity contribution is -0.144. The van der Waals surface area contributed by atoms with Crippen LogP contribution in [0.25, 0.3) is 0 Å². The van der Waals surface area contributed by atoms with E-state index in [1.165, 1.54) is 19.1 Å². The lowest BCUT2D eigenvalue weighted by Gasteiger charge is -2.26. The molecule has 0 unspecified atom stereocenters. The van der Waals surface area contributed by atoms with Crippen molar-refractivity contribution in [1.82, 2.24) is 5.32 Å². The summed E-state index contributed by atoms with van der Waals surface area (Å²) < 4.78 is 47.9. The van der Waals surface area contributed by atoms with Crippen molar-refractivity contribution in [3.63, 3.8) is 0 Å². The number of anilines is 1. The first-order valence-electron chi connectivity index (χ1n) is 11.2. The lowest BCUT2D eigenvalue weighted by Crippen LogP contribution is -2.41. The number of nitrogens with one attached hydrogen (secondary N) is 1. The molecule has 37 heavy (non-hydrogen) atoms. The molecule has 1 amide bonds. The van der Waals surface area contributed by atoms with Crippen molar-refractivity contribution in [2.24, 2.45) is 0 Å². The van der Waals surface area contributed by atoms with Gasteiger partial charge in [-0.15, -0.1) is 0 Å². The molecule has 0 aliphatic heterocycles. The topological polar surface area (TPSA) is 113 Å². The maximum atomic E-state index is 14.7. The Bertz CT molecular complexity index is 1430. The highest BCUT2D eigenvalue weighted by atomic mass is 35.5. The molecule has 2 N–H and O–H groups in total. The Kier molecular flexibility index (Phi) is 8.77. The molecule has 8 nitrogen and oxygen atoms in total. The number of hydrogen-bond acceptors (Lipinski definition) is 5. The van der Waals surface area contributed by atoms with Crippen LogP contribution < -0.4 is 14.4 Å². The second-order valence-electron chi connectivity index (χ2n) is 8.35. The first-order valence-corrected chi connectivity index (χ1v) is 13.0. The zero-order valence-corrected chi connectivity index (χ0v) is 21.9. The summed E-state index contributed by atoms with van der Waals surface area (Å²) >= 11 is 6.21. The summed E-state index contributed by atoms with van der Waals surface area (Å²) in [7, 11) is -4.48. The summed E-state index contributed by atoms with van der Waals surface area (Å²) in [6.07, 6.45) is -1.06. The first kappa shape index (κ1) is 27.9. The van der Waals surface area contributed by atoms with E-state index in [2.05, 4.69) is 5.32 Å². The molecule has 0 spiro atoms. The molecule has 0 aromatic heterocycles. The standard InChI is InChI=1S/C26H26ClFN2O6S/c1-16-10-11-24(22(28)12-16)37(34,35)30(23-9-5-8-21(27)17(23)2)15-25(31)29-14-19-6-4-7-20(13-19)36-18(3)26(32)33/h4-13,18H,14-15H2,1-3H3,(H,29,31)(H,32,33)/t18-/m1/s1. The van der Waals surface area contributed by atoms with Crippen LogP contribution in [-0.4, -0.2) is 38.0 Å². The second kappa shape index (κ2) is 11.6. The zero-order valence-electron chi connectivity index (χ0n) is 20.4. The highest BCUT2D eigenvalue weighted by molar-refractivity contribution is 7.92. The average Bonchev–Trinajstić information content (AvgIpc) is 2.83. The number of hydrogen-bond donors (Lipinski definition) is 2. The molecule has 1 atom stereocenters. The van der Waals surface area contributed by atoms with Gasteiger partial charge in [0.1, 0.15) is 23.0 Å². The fourth-order valence-electron chi connectivity index (χ4n) is 3.47. The number of benzene rings is 3.